The lowest BCUT2D eigenvalue weighted by Gasteiger charge is -2.16. The summed E-state index contributed by atoms with van der Waals surface area (Å²) < 4.78 is 27.2. The Morgan fingerprint density at radius 2 is 2.19 bits per heavy atom. The van der Waals surface area contributed by atoms with Crippen molar-refractivity contribution in [1.29, 1.82) is 0 Å². The number of nitro benzene ring substituents is 1. The van der Waals surface area contributed by atoms with Crippen LogP contribution in [-0.4, -0.2) is 32.7 Å². The normalized spacial score (nSPS) is 10.4. The zero-order chi connectivity index (χ0) is 15.6. The molecule has 7 nitrogen and oxygen atoms in total. The summed E-state index contributed by atoms with van der Waals surface area (Å²) in [4.78, 5) is 29.3. The van der Waals surface area contributed by atoms with Crippen LogP contribution in [-0.2, 0) is 6.54 Å². The topological polar surface area (TPSA) is 92.1 Å². The Balaban J connectivity index is 2.32. The fourth-order valence-electron chi connectivity index (χ4n) is 1.75. The van der Waals surface area contributed by atoms with Crippen LogP contribution in [0, 0.1) is 21.7 Å². The molecule has 1 aromatic carbocycles. The molecule has 1 heterocycles. The number of carbonyl (C=O) groups is 1. The van der Waals surface area contributed by atoms with Crippen LogP contribution in [0.25, 0.3) is 0 Å². The van der Waals surface area contributed by atoms with Gasteiger partial charge in [0.05, 0.1) is 23.1 Å². The predicted molar refractivity (Wildman–Crippen MR) is 67.4 cm³/mol. The van der Waals surface area contributed by atoms with Gasteiger partial charge in [-0.2, -0.15) is 4.39 Å². The Morgan fingerprint density at radius 1 is 1.48 bits per heavy atom. The molecule has 110 valence electrons. The highest BCUT2D eigenvalue weighted by molar-refractivity contribution is 5.95. The molecule has 0 saturated heterocycles. The van der Waals surface area contributed by atoms with Crippen LogP contribution >= 0.6 is 0 Å². The largest absolute Gasteiger partial charge is 0.347 e. The zero-order valence-electron chi connectivity index (χ0n) is 10.8. The number of aromatic nitrogens is 2. The van der Waals surface area contributed by atoms with Crippen molar-refractivity contribution < 1.29 is 18.5 Å². The molecule has 1 aromatic heterocycles. The number of halogens is 2. The number of H-pyrrole nitrogens is 1. The summed E-state index contributed by atoms with van der Waals surface area (Å²) in [5.74, 6) is -2.86. The van der Waals surface area contributed by atoms with Crippen molar-refractivity contribution >= 4 is 11.6 Å². The molecule has 0 saturated carbocycles. The number of nitrogens with zero attached hydrogens (tertiary/aromatic N) is 3. The molecule has 0 bridgehead atoms. The molecule has 0 radical (unpaired) electrons. The van der Waals surface area contributed by atoms with Crippen molar-refractivity contribution in [2.24, 2.45) is 0 Å². The summed E-state index contributed by atoms with van der Waals surface area (Å²) in [5, 5.41) is 10.6. The second kappa shape index (κ2) is 5.65. The molecule has 2 aromatic rings. The van der Waals surface area contributed by atoms with Crippen molar-refractivity contribution in [2.45, 2.75) is 6.54 Å². The van der Waals surface area contributed by atoms with E-state index in [-0.39, 0.29) is 6.54 Å². The Hall–Kier alpha value is -2.84. The van der Waals surface area contributed by atoms with Crippen LogP contribution in [0.2, 0.25) is 0 Å². The third-order valence-corrected chi connectivity index (χ3v) is 2.73. The van der Waals surface area contributed by atoms with E-state index in [0.717, 1.165) is 4.90 Å². The van der Waals surface area contributed by atoms with Gasteiger partial charge in [0.25, 0.3) is 5.91 Å². The van der Waals surface area contributed by atoms with Gasteiger partial charge in [-0.3, -0.25) is 14.9 Å². The van der Waals surface area contributed by atoms with E-state index in [1.54, 1.807) is 6.20 Å². The smallest absolute Gasteiger partial charge is 0.308 e. The summed E-state index contributed by atoms with van der Waals surface area (Å²) in [6.07, 6.45) is 3.02. The van der Waals surface area contributed by atoms with Crippen molar-refractivity contribution in [3.05, 3.63) is 57.7 Å². The van der Waals surface area contributed by atoms with Gasteiger partial charge in [-0.05, 0) is 6.07 Å². The minimum absolute atomic E-state index is 0.0234. The molecule has 21 heavy (non-hydrogen) atoms. The summed E-state index contributed by atoms with van der Waals surface area (Å²) in [5.41, 5.74) is -1.78. The van der Waals surface area contributed by atoms with Crippen LogP contribution in [0.3, 0.4) is 0 Å². The molecule has 0 aliphatic heterocycles. The monoisotopic (exact) mass is 296 g/mol. The van der Waals surface area contributed by atoms with E-state index >= 15 is 0 Å². The van der Waals surface area contributed by atoms with Crippen LogP contribution < -0.4 is 0 Å². The molecule has 1 N–H and O–H groups in total. The quantitative estimate of drug-likeness (QED) is 0.688. The van der Waals surface area contributed by atoms with Crippen molar-refractivity contribution in [1.82, 2.24) is 14.9 Å². The lowest BCUT2D eigenvalue weighted by molar-refractivity contribution is -0.387. The van der Waals surface area contributed by atoms with E-state index < -0.39 is 33.7 Å². The highest BCUT2D eigenvalue weighted by atomic mass is 19.1. The molecule has 2 rings (SSSR count). The van der Waals surface area contributed by atoms with Gasteiger partial charge in [-0.15, -0.1) is 0 Å². The maximum atomic E-state index is 13.9. The summed E-state index contributed by atoms with van der Waals surface area (Å²) in [7, 11) is 1.35. The molecule has 0 unspecified atom stereocenters. The van der Waals surface area contributed by atoms with Gasteiger partial charge in [0.1, 0.15) is 11.6 Å². The second-order valence-electron chi connectivity index (χ2n) is 4.24. The number of hydrogen-bond donors (Lipinski definition) is 1. The number of benzene rings is 1. The first-order valence-corrected chi connectivity index (χ1v) is 5.77. The minimum atomic E-state index is -1.36. The number of hydrogen-bond acceptors (Lipinski definition) is 4. The van der Waals surface area contributed by atoms with Gasteiger partial charge in [0.2, 0.25) is 5.82 Å². The SMILES string of the molecule is CN(Cc1ncc[nH]1)C(=O)c1cc(F)cc([N+](=O)[O-])c1F. The summed E-state index contributed by atoms with van der Waals surface area (Å²) in [6, 6.07) is 1.06. The summed E-state index contributed by atoms with van der Waals surface area (Å²) >= 11 is 0. The Kier molecular flexibility index (Phi) is 3.92. The summed E-state index contributed by atoms with van der Waals surface area (Å²) in [6.45, 7) is 0.0234. The number of amides is 1. The Bertz CT molecular complexity index is 688. The number of nitrogens with one attached hydrogen (secondary N) is 1. The van der Waals surface area contributed by atoms with Crippen LogP contribution in [0.1, 0.15) is 16.2 Å². The van der Waals surface area contributed by atoms with Crippen LogP contribution in [0.5, 0.6) is 0 Å². The van der Waals surface area contributed by atoms with Gasteiger partial charge in [-0.1, -0.05) is 0 Å². The van der Waals surface area contributed by atoms with Crippen molar-refractivity contribution in [3.63, 3.8) is 0 Å². The molecule has 0 aliphatic carbocycles. The first kappa shape index (κ1) is 14.6. The maximum absolute atomic E-state index is 13.9. The molecular weight excluding hydrogens is 286 g/mol. The zero-order valence-corrected chi connectivity index (χ0v) is 10.8. The third kappa shape index (κ3) is 3.02. The number of carbonyl (C=O) groups excluding carboxylic acids is 1. The molecule has 0 spiro atoms. The van der Waals surface area contributed by atoms with Crippen molar-refractivity contribution in [2.75, 3.05) is 7.05 Å². The molecule has 0 atom stereocenters. The fraction of sp³-hybridized carbons (Fsp3) is 0.167. The average Bonchev–Trinajstić information content (AvgIpc) is 2.92. The second-order valence-corrected chi connectivity index (χ2v) is 4.24. The lowest BCUT2D eigenvalue weighted by Crippen LogP contribution is -2.28. The third-order valence-electron chi connectivity index (χ3n) is 2.73. The highest BCUT2D eigenvalue weighted by Gasteiger charge is 2.26. The van der Waals surface area contributed by atoms with Crippen LogP contribution in [0.15, 0.2) is 24.5 Å². The predicted octanol–water partition coefficient (Wildman–Crippen LogP) is 1.87. The first-order chi connectivity index (χ1) is 9.90. The van der Waals surface area contributed by atoms with Gasteiger partial charge in [0.15, 0.2) is 0 Å². The van der Waals surface area contributed by atoms with Crippen molar-refractivity contribution in [3.8, 4) is 0 Å². The standard InChI is InChI=1S/C12H10F2N4O3/c1-17(6-10-15-2-3-16-10)12(19)8-4-7(13)5-9(11(8)14)18(20)21/h2-5H,6H2,1H3,(H,15,16). The Labute approximate surface area is 117 Å². The molecule has 0 fully saturated rings. The van der Waals surface area contributed by atoms with E-state index in [4.69, 9.17) is 0 Å². The molecule has 9 heteroatoms. The molecule has 0 aliphatic rings. The number of imidazole rings is 1. The first-order valence-electron chi connectivity index (χ1n) is 5.77. The van der Waals surface area contributed by atoms with Gasteiger partial charge < -0.3 is 9.88 Å². The van der Waals surface area contributed by atoms with Crippen LogP contribution in [0.4, 0.5) is 14.5 Å². The average molecular weight is 296 g/mol. The maximum Gasteiger partial charge on any atom is 0.308 e. The number of rotatable bonds is 4. The Morgan fingerprint density at radius 3 is 2.76 bits per heavy atom. The number of nitro groups is 1. The fourth-order valence-corrected chi connectivity index (χ4v) is 1.75. The van der Waals surface area contributed by atoms with Gasteiger partial charge in [0, 0.05) is 19.4 Å². The van der Waals surface area contributed by atoms with Gasteiger partial charge in [-0.25, -0.2) is 9.37 Å². The van der Waals surface area contributed by atoms with E-state index in [2.05, 4.69) is 9.97 Å². The van der Waals surface area contributed by atoms with E-state index in [0.29, 0.717) is 18.0 Å². The van der Waals surface area contributed by atoms with Gasteiger partial charge >= 0.3 is 5.69 Å². The highest BCUT2D eigenvalue weighted by Crippen LogP contribution is 2.23. The lowest BCUT2D eigenvalue weighted by atomic mass is 10.1. The van der Waals surface area contributed by atoms with E-state index in [9.17, 15) is 23.7 Å². The molecular formula is C12H10F2N4O3. The molecule has 1 amide bonds. The number of aromatic amines is 1. The minimum Gasteiger partial charge on any atom is -0.347 e. The van der Waals surface area contributed by atoms with E-state index in [1.165, 1.54) is 13.2 Å². The van der Waals surface area contributed by atoms with E-state index in [1.807, 2.05) is 0 Å².